The lowest BCUT2D eigenvalue weighted by Gasteiger charge is -2.53. The van der Waals surface area contributed by atoms with E-state index < -0.39 is 39.3 Å². The second-order valence-electron chi connectivity index (χ2n) is 9.10. The molecule has 1 N–H and O–H groups in total. The standard InChI is InChI=1S/C18H28F2O5S/c1-10(18(19,20)17(2,3)26(22,23)24)9-25-16(21)15-13-5-11-4-12(7-13)8-14(15)6-11/h10-15H,4-9H2,1-3H3,(H,22,23,24). The Morgan fingerprint density at radius 2 is 1.58 bits per heavy atom. The summed E-state index contributed by atoms with van der Waals surface area (Å²) in [7, 11) is -4.97. The van der Waals surface area contributed by atoms with E-state index in [9.17, 15) is 22.0 Å². The summed E-state index contributed by atoms with van der Waals surface area (Å²) in [5.41, 5.74) is 0. The molecule has 0 aromatic rings. The lowest BCUT2D eigenvalue weighted by Crippen LogP contribution is -2.54. The number of hydrogen-bond acceptors (Lipinski definition) is 4. The third-order valence-electron chi connectivity index (χ3n) is 7.04. The quantitative estimate of drug-likeness (QED) is 0.550. The molecular weight excluding hydrogens is 366 g/mol. The van der Waals surface area contributed by atoms with Gasteiger partial charge in [0.1, 0.15) is 0 Å². The maximum Gasteiger partial charge on any atom is 0.309 e. The van der Waals surface area contributed by atoms with Crippen LogP contribution in [0.1, 0.15) is 52.9 Å². The van der Waals surface area contributed by atoms with Crippen molar-refractivity contribution in [2.45, 2.75) is 63.5 Å². The zero-order valence-electron chi connectivity index (χ0n) is 15.5. The fraction of sp³-hybridized carbons (Fsp3) is 0.944. The Kier molecular flexibility index (Phi) is 4.92. The SMILES string of the molecule is CC(COC(=O)C1C2CC3CC(C2)CC1C3)C(F)(F)C(C)(C)S(=O)(=O)O. The first-order valence-electron chi connectivity index (χ1n) is 9.36. The second kappa shape index (κ2) is 6.40. The molecule has 4 bridgehead atoms. The molecule has 0 aromatic carbocycles. The van der Waals surface area contributed by atoms with Gasteiger partial charge in [0.2, 0.25) is 0 Å². The van der Waals surface area contributed by atoms with Crippen molar-refractivity contribution in [3.63, 3.8) is 0 Å². The first kappa shape index (κ1) is 20.0. The number of carbonyl (C=O) groups excluding carboxylic acids is 1. The van der Waals surface area contributed by atoms with Crippen LogP contribution in [0.25, 0.3) is 0 Å². The van der Waals surface area contributed by atoms with Gasteiger partial charge in [-0.1, -0.05) is 6.92 Å². The molecule has 8 heteroatoms. The maximum absolute atomic E-state index is 14.5. The number of hydrogen-bond donors (Lipinski definition) is 1. The molecule has 5 nitrogen and oxygen atoms in total. The largest absolute Gasteiger partial charge is 0.465 e. The molecule has 1 atom stereocenters. The topological polar surface area (TPSA) is 80.7 Å². The highest BCUT2D eigenvalue weighted by molar-refractivity contribution is 7.87. The Balaban J connectivity index is 1.63. The zero-order valence-corrected chi connectivity index (χ0v) is 16.3. The fourth-order valence-electron chi connectivity index (χ4n) is 5.48. The van der Waals surface area contributed by atoms with Crippen LogP contribution >= 0.6 is 0 Å². The van der Waals surface area contributed by atoms with Crippen LogP contribution in [0.4, 0.5) is 8.78 Å². The summed E-state index contributed by atoms with van der Waals surface area (Å²) in [6.45, 7) is 2.13. The second-order valence-corrected chi connectivity index (χ2v) is 11.1. The summed E-state index contributed by atoms with van der Waals surface area (Å²) in [4.78, 5) is 12.6. The van der Waals surface area contributed by atoms with Crippen molar-refractivity contribution >= 4 is 16.1 Å². The Morgan fingerprint density at radius 1 is 1.12 bits per heavy atom. The summed E-state index contributed by atoms with van der Waals surface area (Å²) in [6.07, 6.45) is 5.34. The van der Waals surface area contributed by atoms with Gasteiger partial charge in [-0.25, -0.2) is 8.78 Å². The Labute approximate surface area is 153 Å². The molecule has 4 aliphatic rings. The first-order chi connectivity index (χ1) is 11.8. The Bertz CT molecular complexity index is 645. The molecule has 150 valence electrons. The van der Waals surface area contributed by atoms with Gasteiger partial charge < -0.3 is 4.74 Å². The first-order valence-corrected chi connectivity index (χ1v) is 10.8. The molecule has 4 aliphatic carbocycles. The minimum absolute atomic E-state index is 0.210. The van der Waals surface area contributed by atoms with E-state index in [4.69, 9.17) is 9.29 Å². The van der Waals surface area contributed by atoms with Crippen molar-refractivity contribution in [3.8, 4) is 0 Å². The van der Waals surface area contributed by atoms with Gasteiger partial charge in [0.15, 0.2) is 4.75 Å². The van der Waals surface area contributed by atoms with Crippen LogP contribution in [0.5, 0.6) is 0 Å². The molecule has 0 radical (unpaired) electrons. The number of carbonyl (C=O) groups is 1. The van der Waals surface area contributed by atoms with Gasteiger partial charge in [0.25, 0.3) is 16.0 Å². The number of esters is 1. The molecule has 0 heterocycles. The molecule has 0 aromatic heterocycles. The third-order valence-corrected chi connectivity index (χ3v) is 8.60. The van der Waals surface area contributed by atoms with Crippen molar-refractivity contribution in [3.05, 3.63) is 0 Å². The lowest BCUT2D eigenvalue weighted by molar-refractivity contribution is -0.169. The van der Waals surface area contributed by atoms with Crippen molar-refractivity contribution in [2.75, 3.05) is 6.61 Å². The molecule has 4 fully saturated rings. The van der Waals surface area contributed by atoms with Crippen molar-refractivity contribution < 1.29 is 31.3 Å². The van der Waals surface area contributed by atoms with Crippen LogP contribution < -0.4 is 0 Å². The van der Waals surface area contributed by atoms with E-state index in [0.717, 1.165) is 46.5 Å². The van der Waals surface area contributed by atoms with Crippen molar-refractivity contribution in [2.24, 2.45) is 35.5 Å². The molecule has 0 saturated heterocycles. The van der Waals surface area contributed by atoms with E-state index in [2.05, 4.69) is 0 Å². The minimum atomic E-state index is -4.97. The normalized spacial score (nSPS) is 35.4. The average molecular weight is 394 g/mol. The van der Waals surface area contributed by atoms with E-state index in [-0.39, 0.29) is 5.92 Å². The number of ether oxygens (including phenoxy) is 1. The van der Waals surface area contributed by atoms with Crippen LogP contribution in [-0.4, -0.2) is 36.2 Å². The van der Waals surface area contributed by atoms with Gasteiger partial charge in [-0.3, -0.25) is 9.35 Å². The van der Waals surface area contributed by atoms with Gasteiger partial charge in [-0.05, 0) is 69.6 Å². The average Bonchev–Trinajstić information content (AvgIpc) is 2.50. The highest BCUT2D eigenvalue weighted by Crippen LogP contribution is 2.56. The summed E-state index contributed by atoms with van der Waals surface area (Å²) < 4.78 is 63.4. The molecule has 0 aliphatic heterocycles. The molecule has 0 amide bonds. The molecule has 1 unspecified atom stereocenters. The van der Waals surface area contributed by atoms with Gasteiger partial charge in [0, 0.05) is 0 Å². The highest BCUT2D eigenvalue weighted by Gasteiger charge is 2.59. The Hall–Kier alpha value is -0.760. The smallest absolute Gasteiger partial charge is 0.309 e. The third kappa shape index (κ3) is 3.17. The fourth-order valence-corrected chi connectivity index (χ4v) is 6.03. The van der Waals surface area contributed by atoms with Crippen LogP contribution in [0.2, 0.25) is 0 Å². The summed E-state index contributed by atoms with van der Waals surface area (Å²) in [6, 6.07) is 0. The van der Waals surface area contributed by atoms with Crippen molar-refractivity contribution in [1.82, 2.24) is 0 Å². The molecular formula is C18H28F2O5S. The minimum Gasteiger partial charge on any atom is -0.465 e. The molecule has 4 rings (SSSR count). The van der Waals surface area contributed by atoms with Crippen LogP contribution in [-0.2, 0) is 19.6 Å². The van der Waals surface area contributed by atoms with Gasteiger partial charge in [0.05, 0.1) is 18.4 Å². The van der Waals surface area contributed by atoms with Crippen LogP contribution in [0.3, 0.4) is 0 Å². The summed E-state index contributed by atoms with van der Waals surface area (Å²) >= 11 is 0. The lowest BCUT2D eigenvalue weighted by atomic mass is 9.52. The molecule has 4 saturated carbocycles. The number of rotatable bonds is 6. The van der Waals surface area contributed by atoms with Crippen molar-refractivity contribution in [1.29, 1.82) is 0 Å². The summed E-state index contributed by atoms with van der Waals surface area (Å²) in [5.74, 6) is -3.93. The predicted molar refractivity (Wildman–Crippen MR) is 91.2 cm³/mol. The number of alkyl halides is 2. The van der Waals surface area contributed by atoms with E-state index in [1.807, 2.05) is 0 Å². The van der Waals surface area contributed by atoms with Gasteiger partial charge >= 0.3 is 5.97 Å². The van der Waals surface area contributed by atoms with Gasteiger partial charge in [-0.15, -0.1) is 0 Å². The van der Waals surface area contributed by atoms with E-state index in [0.29, 0.717) is 23.7 Å². The van der Waals surface area contributed by atoms with E-state index in [1.54, 1.807) is 0 Å². The summed E-state index contributed by atoms with van der Waals surface area (Å²) in [5, 5.41) is 0. The molecule has 26 heavy (non-hydrogen) atoms. The monoisotopic (exact) mass is 394 g/mol. The molecule has 0 spiro atoms. The van der Waals surface area contributed by atoms with E-state index >= 15 is 0 Å². The highest BCUT2D eigenvalue weighted by atomic mass is 32.2. The van der Waals surface area contributed by atoms with E-state index in [1.165, 1.54) is 6.42 Å². The Morgan fingerprint density at radius 3 is 2.00 bits per heavy atom. The van der Waals surface area contributed by atoms with Gasteiger partial charge in [-0.2, -0.15) is 8.42 Å². The maximum atomic E-state index is 14.5. The van der Waals surface area contributed by atoms with Crippen LogP contribution in [0, 0.1) is 35.5 Å². The predicted octanol–water partition coefficient (Wildman–Crippen LogP) is 3.54. The number of halogens is 2. The zero-order chi connectivity index (χ0) is 19.5. The van der Waals surface area contributed by atoms with Crippen LogP contribution in [0.15, 0.2) is 0 Å².